The Labute approximate surface area is 109 Å². The summed E-state index contributed by atoms with van der Waals surface area (Å²) in [5, 5.41) is 10.9. The van der Waals surface area contributed by atoms with Crippen molar-refractivity contribution in [2.75, 3.05) is 13.3 Å². The highest BCUT2D eigenvalue weighted by molar-refractivity contribution is 5.85. The van der Waals surface area contributed by atoms with Gasteiger partial charge in [-0.05, 0) is 18.1 Å². The molecule has 0 aliphatic carbocycles. The van der Waals surface area contributed by atoms with Gasteiger partial charge in [-0.1, -0.05) is 18.2 Å². The van der Waals surface area contributed by atoms with Crippen molar-refractivity contribution in [1.29, 1.82) is 0 Å². The lowest BCUT2D eigenvalue weighted by Crippen LogP contribution is -2.47. The first-order valence-corrected chi connectivity index (χ1v) is 5.91. The number of carboxylic acids is 1. The predicted molar refractivity (Wildman–Crippen MR) is 64.7 cm³/mol. The second kappa shape index (κ2) is 5.69. The number of amides is 1. The van der Waals surface area contributed by atoms with Crippen LogP contribution in [0.4, 0.5) is 4.39 Å². The number of hydrogen-bond acceptors (Lipinski definition) is 3. The number of nitrogens with one attached hydrogen (secondary N) is 1. The Morgan fingerprint density at radius 3 is 2.89 bits per heavy atom. The molecular formula is C13H14FNO4. The van der Waals surface area contributed by atoms with E-state index < -0.39 is 30.5 Å². The van der Waals surface area contributed by atoms with Crippen molar-refractivity contribution in [3.05, 3.63) is 29.8 Å². The third-order valence-corrected chi connectivity index (χ3v) is 3.02. The molecule has 19 heavy (non-hydrogen) atoms. The van der Waals surface area contributed by atoms with Crippen LogP contribution in [0.3, 0.4) is 0 Å². The van der Waals surface area contributed by atoms with Crippen LogP contribution in [0.1, 0.15) is 5.56 Å². The summed E-state index contributed by atoms with van der Waals surface area (Å²) in [5.41, 5.74) is 0.890. The second-order valence-electron chi connectivity index (χ2n) is 4.37. The van der Waals surface area contributed by atoms with E-state index in [0.29, 0.717) is 6.42 Å². The van der Waals surface area contributed by atoms with Crippen LogP contribution in [-0.2, 0) is 16.0 Å². The van der Waals surface area contributed by atoms with Gasteiger partial charge in [0.1, 0.15) is 19.0 Å². The Morgan fingerprint density at radius 1 is 1.47 bits per heavy atom. The van der Waals surface area contributed by atoms with Gasteiger partial charge in [0.25, 0.3) is 0 Å². The number of benzene rings is 1. The van der Waals surface area contributed by atoms with E-state index in [1.54, 1.807) is 0 Å². The van der Waals surface area contributed by atoms with Crippen molar-refractivity contribution in [3.8, 4) is 5.75 Å². The standard InChI is InChI=1S/C13H14FNO4/c14-6-10(13(17)18)15-12(16)9-5-8-3-1-2-4-11(8)19-7-9/h1-4,9-10H,5-7H2,(H,15,16)(H,17,18). The zero-order valence-corrected chi connectivity index (χ0v) is 10.1. The Kier molecular flexibility index (Phi) is 3.99. The van der Waals surface area contributed by atoms with Crippen LogP contribution < -0.4 is 10.1 Å². The maximum Gasteiger partial charge on any atom is 0.328 e. The SMILES string of the molecule is O=C(NC(CF)C(=O)O)C1COc2ccccc2C1. The Bertz CT molecular complexity index is 491. The summed E-state index contributed by atoms with van der Waals surface area (Å²) in [6, 6.07) is 5.83. The Hall–Kier alpha value is -2.11. The van der Waals surface area contributed by atoms with Crippen molar-refractivity contribution >= 4 is 11.9 Å². The number of alkyl halides is 1. The number of halogens is 1. The number of carbonyl (C=O) groups excluding carboxylic acids is 1. The first kappa shape index (κ1) is 13.3. The van der Waals surface area contributed by atoms with Gasteiger partial charge in [0.05, 0.1) is 5.92 Å². The van der Waals surface area contributed by atoms with Crippen LogP contribution in [0.25, 0.3) is 0 Å². The summed E-state index contributed by atoms with van der Waals surface area (Å²) in [4.78, 5) is 22.5. The van der Waals surface area contributed by atoms with E-state index in [-0.39, 0.29) is 6.61 Å². The normalized spacial score (nSPS) is 18.9. The number of carboxylic acid groups (broad SMARTS) is 1. The molecule has 1 aliphatic heterocycles. The molecule has 6 heteroatoms. The molecule has 1 heterocycles. The van der Waals surface area contributed by atoms with Gasteiger partial charge in [0.2, 0.25) is 5.91 Å². The van der Waals surface area contributed by atoms with Gasteiger partial charge in [-0.3, -0.25) is 4.79 Å². The van der Waals surface area contributed by atoms with E-state index >= 15 is 0 Å². The van der Waals surface area contributed by atoms with Gasteiger partial charge >= 0.3 is 5.97 Å². The van der Waals surface area contributed by atoms with Gasteiger partial charge in [-0.2, -0.15) is 0 Å². The van der Waals surface area contributed by atoms with E-state index in [9.17, 15) is 14.0 Å². The number of carbonyl (C=O) groups is 2. The number of aliphatic carboxylic acids is 1. The summed E-state index contributed by atoms with van der Waals surface area (Å²) in [5.74, 6) is -1.65. The lowest BCUT2D eigenvalue weighted by atomic mass is 9.96. The predicted octanol–water partition coefficient (Wildman–Crippen LogP) is 0.777. The zero-order valence-electron chi connectivity index (χ0n) is 10.1. The summed E-state index contributed by atoms with van der Waals surface area (Å²) in [6.45, 7) is -0.966. The smallest absolute Gasteiger partial charge is 0.328 e. The number of para-hydroxylation sites is 1. The fourth-order valence-corrected chi connectivity index (χ4v) is 1.95. The summed E-state index contributed by atoms with van der Waals surface area (Å²) >= 11 is 0. The number of fused-ring (bicyclic) bond motifs is 1. The molecule has 0 aromatic heterocycles. The minimum absolute atomic E-state index is 0.168. The zero-order chi connectivity index (χ0) is 13.8. The molecule has 1 aromatic carbocycles. The monoisotopic (exact) mass is 267 g/mol. The average Bonchev–Trinajstić information content (AvgIpc) is 2.43. The van der Waals surface area contributed by atoms with E-state index in [1.807, 2.05) is 24.3 Å². The van der Waals surface area contributed by atoms with Crippen LogP contribution in [-0.4, -0.2) is 36.3 Å². The molecule has 2 rings (SSSR count). The highest BCUT2D eigenvalue weighted by Gasteiger charge is 2.29. The van der Waals surface area contributed by atoms with Gasteiger partial charge in [0, 0.05) is 0 Å². The third-order valence-electron chi connectivity index (χ3n) is 3.02. The maximum absolute atomic E-state index is 12.4. The summed E-state index contributed by atoms with van der Waals surface area (Å²) < 4.78 is 17.9. The highest BCUT2D eigenvalue weighted by Crippen LogP contribution is 2.26. The van der Waals surface area contributed by atoms with Crippen molar-refractivity contribution in [2.24, 2.45) is 5.92 Å². The van der Waals surface area contributed by atoms with E-state index in [1.165, 1.54) is 0 Å². The van der Waals surface area contributed by atoms with Crippen LogP contribution in [0, 0.1) is 5.92 Å². The van der Waals surface area contributed by atoms with Crippen molar-refractivity contribution in [2.45, 2.75) is 12.5 Å². The first-order chi connectivity index (χ1) is 9.11. The van der Waals surface area contributed by atoms with E-state index in [0.717, 1.165) is 11.3 Å². The Balaban J connectivity index is 2.01. The largest absolute Gasteiger partial charge is 0.492 e. The molecule has 0 spiro atoms. The molecule has 1 aliphatic rings. The number of hydrogen-bond donors (Lipinski definition) is 2. The molecule has 1 amide bonds. The lowest BCUT2D eigenvalue weighted by molar-refractivity contribution is -0.143. The third kappa shape index (κ3) is 3.01. The fourth-order valence-electron chi connectivity index (χ4n) is 1.95. The van der Waals surface area contributed by atoms with Gasteiger partial charge in [0.15, 0.2) is 6.04 Å². The number of ether oxygens (including phenoxy) is 1. The van der Waals surface area contributed by atoms with Gasteiger partial charge < -0.3 is 15.2 Å². The molecule has 2 unspecified atom stereocenters. The average molecular weight is 267 g/mol. The summed E-state index contributed by atoms with van der Waals surface area (Å²) in [7, 11) is 0. The van der Waals surface area contributed by atoms with E-state index in [4.69, 9.17) is 9.84 Å². The molecule has 0 radical (unpaired) electrons. The van der Waals surface area contributed by atoms with Gasteiger partial charge in [-0.25, -0.2) is 9.18 Å². The molecule has 102 valence electrons. The summed E-state index contributed by atoms with van der Waals surface area (Å²) in [6.07, 6.45) is 0.459. The van der Waals surface area contributed by atoms with Crippen molar-refractivity contribution in [3.63, 3.8) is 0 Å². The molecule has 5 nitrogen and oxygen atoms in total. The highest BCUT2D eigenvalue weighted by atomic mass is 19.1. The maximum atomic E-state index is 12.4. The molecule has 0 bridgehead atoms. The first-order valence-electron chi connectivity index (χ1n) is 5.91. The topological polar surface area (TPSA) is 75.6 Å². The molecule has 0 saturated heterocycles. The van der Waals surface area contributed by atoms with Crippen LogP contribution in [0.15, 0.2) is 24.3 Å². The molecule has 2 N–H and O–H groups in total. The van der Waals surface area contributed by atoms with Crippen LogP contribution in [0.2, 0.25) is 0 Å². The minimum Gasteiger partial charge on any atom is -0.492 e. The van der Waals surface area contributed by atoms with Crippen molar-refractivity contribution < 1.29 is 23.8 Å². The molecule has 2 atom stereocenters. The fraction of sp³-hybridized carbons (Fsp3) is 0.385. The molecule has 0 fully saturated rings. The van der Waals surface area contributed by atoms with E-state index in [2.05, 4.69) is 5.32 Å². The molecular weight excluding hydrogens is 253 g/mol. The molecule has 1 aromatic rings. The second-order valence-corrected chi connectivity index (χ2v) is 4.37. The van der Waals surface area contributed by atoms with Crippen LogP contribution in [0.5, 0.6) is 5.75 Å². The minimum atomic E-state index is -1.50. The quantitative estimate of drug-likeness (QED) is 0.845. The Morgan fingerprint density at radius 2 is 2.21 bits per heavy atom. The van der Waals surface area contributed by atoms with Crippen LogP contribution >= 0.6 is 0 Å². The van der Waals surface area contributed by atoms with Gasteiger partial charge in [-0.15, -0.1) is 0 Å². The molecule has 0 saturated carbocycles. The lowest BCUT2D eigenvalue weighted by Gasteiger charge is -2.25. The van der Waals surface area contributed by atoms with Crippen molar-refractivity contribution in [1.82, 2.24) is 5.32 Å². The number of rotatable bonds is 4.